The van der Waals surface area contributed by atoms with Gasteiger partial charge >= 0.3 is 0 Å². The molecule has 20 heavy (non-hydrogen) atoms. The number of hydrogen-bond acceptors (Lipinski definition) is 2. The Bertz CT molecular complexity index is 588. The van der Waals surface area contributed by atoms with E-state index in [0.29, 0.717) is 17.2 Å². The van der Waals surface area contributed by atoms with Crippen molar-refractivity contribution in [2.24, 2.45) is 0 Å². The smallest absolute Gasteiger partial charge is 0.124 e. The average molecular weight is 311 g/mol. The first-order valence-electron chi connectivity index (χ1n) is 6.36. The Labute approximate surface area is 127 Å². The van der Waals surface area contributed by atoms with Crippen molar-refractivity contribution in [1.29, 1.82) is 0 Å². The van der Waals surface area contributed by atoms with Crippen LogP contribution in [0.3, 0.4) is 0 Å². The minimum Gasteiger partial charge on any atom is -0.392 e. The van der Waals surface area contributed by atoms with Gasteiger partial charge in [0, 0.05) is 22.1 Å². The third-order valence-electron chi connectivity index (χ3n) is 3.00. The van der Waals surface area contributed by atoms with Crippen LogP contribution in [0.4, 0.5) is 4.39 Å². The molecule has 1 atom stereocenters. The molecule has 0 aromatic heterocycles. The standard InChI is InChI=1S/C16H16ClFOS/c1-11-4-2-3-5-16(11)20-10-14(19)8-12-6-7-13(18)9-15(12)17/h2-7,9,14,19H,8,10H2,1H3. The molecule has 1 unspecified atom stereocenters. The van der Waals surface area contributed by atoms with Gasteiger partial charge in [0.05, 0.1) is 6.10 Å². The fraction of sp³-hybridized carbons (Fsp3) is 0.250. The van der Waals surface area contributed by atoms with Gasteiger partial charge in [0.2, 0.25) is 0 Å². The number of benzene rings is 2. The number of aryl methyl sites for hydroxylation is 1. The quantitative estimate of drug-likeness (QED) is 0.822. The van der Waals surface area contributed by atoms with Gasteiger partial charge in [-0.3, -0.25) is 0 Å². The van der Waals surface area contributed by atoms with Crippen molar-refractivity contribution in [3.8, 4) is 0 Å². The summed E-state index contributed by atoms with van der Waals surface area (Å²) < 4.78 is 12.9. The first-order chi connectivity index (χ1) is 9.56. The molecule has 0 bridgehead atoms. The Morgan fingerprint density at radius 1 is 1.25 bits per heavy atom. The maximum atomic E-state index is 12.9. The van der Waals surface area contributed by atoms with E-state index >= 15 is 0 Å². The zero-order chi connectivity index (χ0) is 14.5. The van der Waals surface area contributed by atoms with E-state index < -0.39 is 6.10 Å². The van der Waals surface area contributed by atoms with Gasteiger partial charge in [-0.05, 0) is 36.2 Å². The van der Waals surface area contributed by atoms with E-state index in [-0.39, 0.29) is 5.82 Å². The molecule has 0 spiro atoms. The molecule has 2 rings (SSSR count). The number of aliphatic hydroxyl groups excluding tert-OH is 1. The summed E-state index contributed by atoms with van der Waals surface area (Å²) in [6.07, 6.45) is -0.0829. The van der Waals surface area contributed by atoms with Crippen molar-refractivity contribution in [3.05, 3.63) is 64.4 Å². The average Bonchev–Trinajstić information content (AvgIpc) is 2.41. The Balaban J connectivity index is 1.92. The molecule has 0 aliphatic rings. The molecule has 0 saturated heterocycles. The number of rotatable bonds is 5. The lowest BCUT2D eigenvalue weighted by molar-refractivity contribution is 0.200. The maximum absolute atomic E-state index is 12.9. The Hall–Kier alpha value is -1.03. The minimum absolute atomic E-state index is 0.359. The van der Waals surface area contributed by atoms with Gasteiger partial charge in [-0.15, -0.1) is 11.8 Å². The molecule has 1 nitrogen and oxygen atoms in total. The molecular weight excluding hydrogens is 295 g/mol. The molecule has 4 heteroatoms. The Morgan fingerprint density at radius 2 is 2.00 bits per heavy atom. The van der Waals surface area contributed by atoms with Gasteiger partial charge in [0.15, 0.2) is 0 Å². The van der Waals surface area contributed by atoms with Crippen LogP contribution >= 0.6 is 23.4 Å². The summed E-state index contributed by atoms with van der Waals surface area (Å²) in [5, 5.41) is 10.4. The van der Waals surface area contributed by atoms with E-state index in [4.69, 9.17) is 11.6 Å². The van der Waals surface area contributed by atoms with Gasteiger partial charge in [-0.2, -0.15) is 0 Å². The summed E-state index contributed by atoms with van der Waals surface area (Å²) in [5.41, 5.74) is 1.97. The van der Waals surface area contributed by atoms with Crippen LogP contribution in [0, 0.1) is 12.7 Å². The number of hydrogen-bond donors (Lipinski definition) is 1. The zero-order valence-electron chi connectivity index (χ0n) is 11.1. The van der Waals surface area contributed by atoms with Crippen molar-refractivity contribution < 1.29 is 9.50 Å². The van der Waals surface area contributed by atoms with E-state index in [0.717, 1.165) is 10.5 Å². The lowest BCUT2D eigenvalue weighted by atomic mass is 10.1. The van der Waals surface area contributed by atoms with Crippen molar-refractivity contribution in [1.82, 2.24) is 0 Å². The van der Waals surface area contributed by atoms with Crippen molar-refractivity contribution in [3.63, 3.8) is 0 Å². The zero-order valence-corrected chi connectivity index (χ0v) is 12.7. The topological polar surface area (TPSA) is 20.2 Å². The van der Waals surface area contributed by atoms with Crippen LogP contribution in [0.25, 0.3) is 0 Å². The summed E-state index contributed by atoms with van der Waals surface area (Å²) in [7, 11) is 0. The van der Waals surface area contributed by atoms with Gasteiger partial charge in [-0.25, -0.2) is 4.39 Å². The highest BCUT2D eigenvalue weighted by atomic mass is 35.5. The maximum Gasteiger partial charge on any atom is 0.124 e. The number of thioether (sulfide) groups is 1. The van der Waals surface area contributed by atoms with E-state index in [9.17, 15) is 9.50 Å². The lowest BCUT2D eigenvalue weighted by Crippen LogP contribution is -2.14. The summed E-state index contributed by atoms with van der Waals surface area (Å²) in [5.74, 6) is 0.223. The molecule has 2 aromatic carbocycles. The second-order valence-corrected chi connectivity index (χ2v) is 6.14. The van der Waals surface area contributed by atoms with Crippen LogP contribution in [0.15, 0.2) is 47.4 Å². The lowest BCUT2D eigenvalue weighted by Gasteiger charge is -2.12. The Morgan fingerprint density at radius 3 is 2.70 bits per heavy atom. The predicted molar refractivity (Wildman–Crippen MR) is 83.0 cm³/mol. The van der Waals surface area contributed by atoms with E-state index in [1.165, 1.54) is 17.7 Å². The molecule has 106 valence electrons. The van der Waals surface area contributed by atoms with Crippen molar-refractivity contribution >= 4 is 23.4 Å². The molecule has 0 saturated carbocycles. The van der Waals surface area contributed by atoms with Crippen LogP contribution in [0.2, 0.25) is 5.02 Å². The molecule has 1 N–H and O–H groups in total. The van der Waals surface area contributed by atoms with Gasteiger partial charge < -0.3 is 5.11 Å². The third-order valence-corrected chi connectivity index (χ3v) is 4.67. The molecule has 0 aliphatic carbocycles. The second-order valence-electron chi connectivity index (χ2n) is 4.67. The summed E-state index contributed by atoms with van der Waals surface area (Å²) in [6.45, 7) is 2.05. The SMILES string of the molecule is Cc1ccccc1SCC(O)Cc1ccc(F)cc1Cl. The van der Waals surface area contributed by atoms with Crippen LogP contribution in [-0.4, -0.2) is 17.0 Å². The fourth-order valence-corrected chi connectivity index (χ4v) is 3.11. The van der Waals surface area contributed by atoms with Crippen LogP contribution < -0.4 is 0 Å². The Kier molecular flexibility index (Phi) is 5.46. The monoisotopic (exact) mass is 310 g/mol. The van der Waals surface area contributed by atoms with Crippen molar-refractivity contribution in [2.45, 2.75) is 24.3 Å². The highest BCUT2D eigenvalue weighted by Crippen LogP contribution is 2.24. The van der Waals surface area contributed by atoms with Crippen molar-refractivity contribution in [2.75, 3.05) is 5.75 Å². The van der Waals surface area contributed by atoms with Crippen LogP contribution in [-0.2, 0) is 6.42 Å². The minimum atomic E-state index is -0.512. The van der Waals surface area contributed by atoms with E-state index in [1.807, 2.05) is 31.2 Å². The predicted octanol–water partition coefficient (Wildman–Crippen LogP) is 4.48. The fourth-order valence-electron chi connectivity index (χ4n) is 1.90. The summed E-state index contributed by atoms with van der Waals surface area (Å²) in [4.78, 5) is 1.16. The number of aliphatic hydroxyl groups is 1. The highest BCUT2D eigenvalue weighted by molar-refractivity contribution is 7.99. The van der Waals surface area contributed by atoms with Gasteiger partial charge in [0.1, 0.15) is 5.82 Å². The number of halogens is 2. The van der Waals surface area contributed by atoms with E-state index in [1.54, 1.807) is 17.8 Å². The van der Waals surface area contributed by atoms with Gasteiger partial charge in [-0.1, -0.05) is 35.9 Å². The molecule has 0 heterocycles. The first-order valence-corrected chi connectivity index (χ1v) is 7.73. The second kappa shape index (κ2) is 7.11. The molecular formula is C16H16ClFOS. The molecule has 0 aliphatic heterocycles. The first kappa shape index (κ1) is 15.4. The molecule has 0 radical (unpaired) electrons. The third kappa shape index (κ3) is 4.23. The summed E-state index contributed by atoms with van der Waals surface area (Å²) >= 11 is 7.57. The summed E-state index contributed by atoms with van der Waals surface area (Å²) in [6, 6.07) is 12.3. The van der Waals surface area contributed by atoms with Gasteiger partial charge in [0.25, 0.3) is 0 Å². The van der Waals surface area contributed by atoms with Crippen LogP contribution in [0.5, 0.6) is 0 Å². The molecule has 0 amide bonds. The van der Waals surface area contributed by atoms with E-state index in [2.05, 4.69) is 0 Å². The molecule has 0 fully saturated rings. The molecule has 2 aromatic rings. The largest absolute Gasteiger partial charge is 0.392 e. The van der Waals surface area contributed by atoms with Crippen LogP contribution in [0.1, 0.15) is 11.1 Å². The normalized spacial score (nSPS) is 12.4. The highest BCUT2D eigenvalue weighted by Gasteiger charge is 2.10.